The second-order valence-electron chi connectivity index (χ2n) is 2.90. The quantitative estimate of drug-likeness (QED) is 0.583. The Morgan fingerprint density at radius 2 is 2.20 bits per heavy atom. The zero-order valence-corrected chi connectivity index (χ0v) is 6.23. The lowest BCUT2D eigenvalue weighted by Crippen LogP contribution is -2.33. The smallest absolute Gasteiger partial charge is 0.320 e. The highest BCUT2D eigenvalue weighted by Gasteiger charge is 2.47. The van der Waals surface area contributed by atoms with E-state index in [0.717, 1.165) is 6.42 Å². The van der Waals surface area contributed by atoms with Crippen molar-refractivity contribution in [2.24, 2.45) is 5.92 Å². The lowest BCUT2D eigenvalue weighted by molar-refractivity contribution is -0.139. The summed E-state index contributed by atoms with van der Waals surface area (Å²) in [7, 11) is 0. The molecule has 3 nitrogen and oxygen atoms in total. The number of piperidine rings is 1. The summed E-state index contributed by atoms with van der Waals surface area (Å²) in [6, 6.07) is 0.305. The molecule has 2 fully saturated rings. The first-order valence-corrected chi connectivity index (χ1v) is 3.26. The summed E-state index contributed by atoms with van der Waals surface area (Å²) in [6.07, 6.45) is 2.05. The van der Waals surface area contributed by atoms with E-state index in [9.17, 15) is 4.79 Å². The number of carboxylic acid groups (broad SMARTS) is 1. The summed E-state index contributed by atoms with van der Waals surface area (Å²) in [5.74, 6) is -0.00620. The van der Waals surface area contributed by atoms with Crippen LogP contribution in [-0.4, -0.2) is 23.2 Å². The highest BCUT2D eigenvalue weighted by molar-refractivity contribution is 5.85. The zero-order valence-electron chi connectivity index (χ0n) is 5.41. The van der Waals surface area contributed by atoms with E-state index < -0.39 is 5.97 Å². The van der Waals surface area contributed by atoms with Crippen molar-refractivity contribution < 1.29 is 9.90 Å². The minimum absolute atomic E-state index is 0. The van der Waals surface area contributed by atoms with Crippen LogP contribution in [0.3, 0.4) is 0 Å². The first-order valence-electron chi connectivity index (χ1n) is 3.26. The standard InChI is InChI=1S/C6H9NO2.ClH/c8-6(9)5-2-3-1-4(3)7-5;/h3-5,7H,1-2H2,(H,8,9);1H/t3?,4-,5-;/m1./s1. The third-order valence-corrected chi connectivity index (χ3v) is 2.17. The van der Waals surface area contributed by atoms with Crippen molar-refractivity contribution >= 4 is 18.4 Å². The average molecular weight is 164 g/mol. The van der Waals surface area contributed by atoms with Gasteiger partial charge >= 0.3 is 5.97 Å². The number of carboxylic acids is 1. The molecule has 1 aliphatic carbocycles. The molecule has 1 aliphatic heterocycles. The van der Waals surface area contributed by atoms with Gasteiger partial charge in [-0.05, 0) is 18.8 Å². The SMILES string of the molecule is Cl.O=C(O)[C@H]1CC2C[C@H]2N1. The van der Waals surface area contributed by atoms with Gasteiger partial charge in [-0.3, -0.25) is 4.79 Å². The summed E-state index contributed by atoms with van der Waals surface area (Å²) >= 11 is 0. The van der Waals surface area contributed by atoms with Crippen LogP contribution in [0.15, 0.2) is 0 Å². The van der Waals surface area contributed by atoms with Crippen LogP contribution in [0.25, 0.3) is 0 Å². The van der Waals surface area contributed by atoms with Crippen molar-refractivity contribution in [2.75, 3.05) is 0 Å². The summed E-state index contributed by atoms with van der Waals surface area (Å²) in [4.78, 5) is 10.3. The van der Waals surface area contributed by atoms with Crippen LogP contribution in [0.5, 0.6) is 0 Å². The number of hydrogen-bond acceptors (Lipinski definition) is 2. The van der Waals surface area contributed by atoms with Crippen LogP contribution < -0.4 is 5.32 Å². The second-order valence-corrected chi connectivity index (χ2v) is 2.90. The fourth-order valence-electron chi connectivity index (χ4n) is 1.51. The largest absolute Gasteiger partial charge is 0.480 e. The average Bonchev–Trinajstić information content (AvgIpc) is 2.40. The molecule has 0 aromatic carbocycles. The molecule has 3 atom stereocenters. The fraction of sp³-hybridized carbons (Fsp3) is 0.833. The van der Waals surface area contributed by atoms with Gasteiger partial charge in [0, 0.05) is 6.04 Å². The molecule has 1 unspecified atom stereocenters. The molecular weight excluding hydrogens is 154 g/mol. The molecular formula is C6H10ClNO2. The monoisotopic (exact) mass is 163 g/mol. The molecule has 0 amide bonds. The number of aliphatic carboxylic acids is 1. The van der Waals surface area contributed by atoms with Gasteiger partial charge in [0.05, 0.1) is 0 Å². The Balaban J connectivity index is 0.000000500. The number of hydrogen-bond donors (Lipinski definition) is 2. The van der Waals surface area contributed by atoms with E-state index in [-0.39, 0.29) is 18.4 Å². The molecule has 1 saturated carbocycles. The van der Waals surface area contributed by atoms with Gasteiger partial charge in [0.15, 0.2) is 0 Å². The zero-order chi connectivity index (χ0) is 6.43. The third kappa shape index (κ3) is 1.11. The maximum atomic E-state index is 10.3. The highest BCUT2D eigenvalue weighted by Crippen LogP contribution is 2.40. The van der Waals surface area contributed by atoms with E-state index in [1.54, 1.807) is 0 Å². The van der Waals surface area contributed by atoms with E-state index >= 15 is 0 Å². The molecule has 0 bridgehead atoms. The lowest BCUT2D eigenvalue weighted by atomic mass is 10.2. The molecule has 0 aromatic heterocycles. The van der Waals surface area contributed by atoms with Crippen molar-refractivity contribution in [2.45, 2.75) is 24.9 Å². The molecule has 0 aromatic rings. The number of halogens is 1. The number of carbonyl (C=O) groups is 1. The van der Waals surface area contributed by atoms with Crippen LogP contribution in [-0.2, 0) is 4.79 Å². The maximum absolute atomic E-state index is 10.3. The Morgan fingerprint density at radius 3 is 2.50 bits per heavy atom. The molecule has 1 saturated heterocycles. The van der Waals surface area contributed by atoms with Gasteiger partial charge in [0.1, 0.15) is 6.04 Å². The van der Waals surface area contributed by atoms with Crippen molar-refractivity contribution in [3.63, 3.8) is 0 Å². The van der Waals surface area contributed by atoms with E-state index in [1.165, 1.54) is 6.42 Å². The molecule has 4 heteroatoms. The van der Waals surface area contributed by atoms with Gasteiger partial charge in [-0.2, -0.15) is 0 Å². The Labute approximate surface area is 65.2 Å². The molecule has 2 N–H and O–H groups in total. The molecule has 10 heavy (non-hydrogen) atoms. The van der Waals surface area contributed by atoms with Crippen molar-refractivity contribution in [3.8, 4) is 0 Å². The Morgan fingerprint density at radius 1 is 1.50 bits per heavy atom. The molecule has 1 heterocycles. The van der Waals surface area contributed by atoms with Crippen LogP contribution >= 0.6 is 12.4 Å². The summed E-state index contributed by atoms with van der Waals surface area (Å²) in [5.41, 5.74) is 0. The number of rotatable bonds is 1. The predicted molar refractivity (Wildman–Crippen MR) is 38.3 cm³/mol. The maximum Gasteiger partial charge on any atom is 0.320 e. The Hall–Kier alpha value is -0.280. The Kier molecular flexibility index (Phi) is 1.88. The first-order chi connectivity index (χ1) is 4.27. The van der Waals surface area contributed by atoms with Crippen molar-refractivity contribution in [1.29, 1.82) is 0 Å². The minimum atomic E-state index is -0.692. The van der Waals surface area contributed by atoms with Crippen LogP contribution in [0, 0.1) is 5.92 Å². The number of fused-ring (bicyclic) bond motifs is 1. The van der Waals surface area contributed by atoms with Crippen LogP contribution in [0.1, 0.15) is 12.8 Å². The normalized spacial score (nSPS) is 41.8. The second kappa shape index (κ2) is 2.40. The van der Waals surface area contributed by atoms with Gasteiger partial charge in [-0.1, -0.05) is 0 Å². The Bertz CT molecular complexity index is 152. The van der Waals surface area contributed by atoms with Crippen LogP contribution in [0.4, 0.5) is 0 Å². The molecule has 2 rings (SSSR count). The highest BCUT2D eigenvalue weighted by atomic mass is 35.5. The molecule has 0 spiro atoms. The van der Waals surface area contributed by atoms with Crippen molar-refractivity contribution in [3.05, 3.63) is 0 Å². The van der Waals surface area contributed by atoms with Gasteiger partial charge < -0.3 is 10.4 Å². The predicted octanol–water partition coefficient (Wildman–Crippen LogP) is 0.243. The van der Waals surface area contributed by atoms with E-state index in [0.29, 0.717) is 12.0 Å². The summed E-state index contributed by atoms with van der Waals surface area (Å²) < 4.78 is 0. The topological polar surface area (TPSA) is 49.3 Å². The first kappa shape index (κ1) is 7.82. The molecule has 58 valence electrons. The van der Waals surface area contributed by atoms with E-state index in [4.69, 9.17) is 5.11 Å². The van der Waals surface area contributed by atoms with Gasteiger partial charge in [0.25, 0.3) is 0 Å². The molecule has 0 radical (unpaired) electrons. The summed E-state index contributed by atoms with van der Waals surface area (Å²) in [5, 5.41) is 11.5. The lowest BCUT2D eigenvalue weighted by Gasteiger charge is -2.04. The summed E-state index contributed by atoms with van der Waals surface area (Å²) in [6.45, 7) is 0. The van der Waals surface area contributed by atoms with Gasteiger partial charge in [-0.25, -0.2) is 0 Å². The minimum Gasteiger partial charge on any atom is -0.480 e. The van der Waals surface area contributed by atoms with Crippen molar-refractivity contribution in [1.82, 2.24) is 5.32 Å². The van der Waals surface area contributed by atoms with E-state index in [2.05, 4.69) is 5.32 Å². The van der Waals surface area contributed by atoms with E-state index in [1.807, 2.05) is 0 Å². The third-order valence-electron chi connectivity index (χ3n) is 2.17. The van der Waals surface area contributed by atoms with Gasteiger partial charge in [-0.15, -0.1) is 12.4 Å². The number of nitrogens with one attached hydrogen (secondary N) is 1. The molecule has 2 aliphatic rings. The van der Waals surface area contributed by atoms with Gasteiger partial charge in [0.2, 0.25) is 0 Å². The van der Waals surface area contributed by atoms with Crippen LogP contribution in [0.2, 0.25) is 0 Å². The fourth-order valence-corrected chi connectivity index (χ4v) is 1.51.